The Balaban J connectivity index is 1.72. The summed E-state index contributed by atoms with van der Waals surface area (Å²) in [4.78, 5) is 31.3. The summed E-state index contributed by atoms with van der Waals surface area (Å²) in [7, 11) is 0. The highest BCUT2D eigenvalue weighted by molar-refractivity contribution is 5.95. The Morgan fingerprint density at radius 3 is 2.56 bits per heavy atom. The van der Waals surface area contributed by atoms with Crippen molar-refractivity contribution in [3.8, 4) is 0 Å². The smallest absolute Gasteiger partial charge is 0.349 e. The van der Waals surface area contributed by atoms with Gasteiger partial charge in [0.1, 0.15) is 11.3 Å². The maximum absolute atomic E-state index is 12.9. The number of amides is 1. The summed E-state index contributed by atoms with van der Waals surface area (Å²) in [5, 5.41) is 0. The van der Waals surface area contributed by atoms with Crippen LogP contribution in [0, 0.1) is 6.92 Å². The Labute approximate surface area is 160 Å². The molecule has 2 aromatic rings. The summed E-state index contributed by atoms with van der Waals surface area (Å²) >= 11 is 0. The third-order valence-corrected chi connectivity index (χ3v) is 5.55. The van der Waals surface area contributed by atoms with Gasteiger partial charge in [0.2, 0.25) is 0 Å². The zero-order valence-corrected chi connectivity index (χ0v) is 16.4. The predicted octanol–water partition coefficient (Wildman–Crippen LogP) is 4.27. The lowest BCUT2D eigenvalue weighted by Crippen LogP contribution is -2.40. The molecular formula is C22H28N2O3. The van der Waals surface area contributed by atoms with E-state index in [1.165, 1.54) is 5.56 Å². The average Bonchev–Trinajstić information content (AvgIpc) is 2.68. The first-order valence-electron chi connectivity index (χ1n) is 9.85. The van der Waals surface area contributed by atoms with Crippen molar-refractivity contribution in [3.05, 3.63) is 63.5 Å². The van der Waals surface area contributed by atoms with Gasteiger partial charge in [0.25, 0.3) is 5.91 Å². The van der Waals surface area contributed by atoms with Gasteiger partial charge in [-0.1, -0.05) is 20.3 Å². The van der Waals surface area contributed by atoms with E-state index in [0.29, 0.717) is 30.3 Å². The molecule has 1 atom stereocenters. The summed E-state index contributed by atoms with van der Waals surface area (Å²) in [5.41, 5.74) is 1.66. The SMILES string of the molecule is CCCC(C)c1cc(C)c(C(=O)N2CCC(c3ccncc3)CC2)c(=O)o1. The third kappa shape index (κ3) is 4.29. The fourth-order valence-corrected chi connectivity index (χ4v) is 3.92. The molecule has 5 nitrogen and oxygen atoms in total. The van der Waals surface area contributed by atoms with Crippen LogP contribution in [0.5, 0.6) is 0 Å². The molecule has 2 aromatic heterocycles. The highest BCUT2D eigenvalue weighted by atomic mass is 16.4. The van der Waals surface area contributed by atoms with Crippen LogP contribution in [-0.4, -0.2) is 28.9 Å². The maximum atomic E-state index is 12.9. The van der Waals surface area contributed by atoms with E-state index in [4.69, 9.17) is 4.42 Å². The van der Waals surface area contributed by atoms with Crippen LogP contribution in [0.1, 0.15) is 78.6 Å². The van der Waals surface area contributed by atoms with E-state index in [1.807, 2.05) is 44.4 Å². The van der Waals surface area contributed by atoms with Crippen molar-refractivity contribution in [1.29, 1.82) is 0 Å². The topological polar surface area (TPSA) is 63.4 Å². The van der Waals surface area contributed by atoms with Crippen LogP contribution in [0.15, 0.2) is 39.8 Å². The van der Waals surface area contributed by atoms with E-state index >= 15 is 0 Å². The van der Waals surface area contributed by atoms with Crippen molar-refractivity contribution in [3.63, 3.8) is 0 Å². The molecule has 1 fully saturated rings. The number of nitrogens with zero attached hydrogens (tertiary/aromatic N) is 2. The standard InChI is InChI=1S/C22H28N2O3/c1-4-5-15(2)19-14-16(3)20(22(26)27-19)21(25)24-12-8-18(9-13-24)17-6-10-23-11-7-17/h6-7,10-11,14-15,18H,4-5,8-9,12-13H2,1-3H3. The summed E-state index contributed by atoms with van der Waals surface area (Å²) in [6.45, 7) is 7.29. The number of piperidine rings is 1. The van der Waals surface area contributed by atoms with Crippen LogP contribution in [0.25, 0.3) is 0 Å². The summed E-state index contributed by atoms with van der Waals surface area (Å²) in [5.74, 6) is 1.09. The zero-order valence-electron chi connectivity index (χ0n) is 16.4. The second-order valence-corrected chi connectivity index (χ2v) is 7.53. The van der Waals surface area contributed by atoms with Gasteiger partial charge in [-0.2, -0.15) is 0 Å². The lowest BCUT2D eigenvalue weighted by Gasteiger charge is -2.32. The quantitative estimate of drug-likeness (QED) is 0.791. The first-order chi connectivity index (χ1) is 13.0. The minimum atomic E-state index is -0.505. The highest BCUT2D eigenvalue weighted by Gasteiger charge is 2.28. The lowest BCUT2D eigenvalue weighted by molar-refractivity contribution is 0.0707. The molecule has 1 amide bonds. The summed E-state index contributed by atoms with van der Waals surface area (Å²) < 4.78 is 5.50. The van der Waals surface area contributed by atoms with E-state index in [2.05, 4.69) is 11.9 Å². The third-order valence-electron chi connectivity index (χ3n) is 5.55. The number of rotatable bonds is 5. The second kappa shape index (κ2) is 8.51. The highest BCUT2D eigenvalue weighted by Crippen LogP contribution is 2.28. The molecule has 0 N–H and O–H groups in total. The van der Waals surface area contributed by atoms with Crippen LogP contribution in [-0.2, 0) is 0 Å². The fraction of sp³-hybridized carbons (Fsp3) is 0.500. The number of hydrogen-bond donors (Lipinski definition) is 0. The van der Waals surface area contributed by atoms with Crippen LogP contribution >= 0.6 is 0 Å². The Hall–Kier alpha value is -2.43. The molecule has 0 aliphatic carbocycles. The number of pyridine rings is 1. The molecule has 1 unspecified atom stereocenters. The molecule has 0 spiro atoms. The van der Waals surface area contributed by atoms with Crippen molar-refractivity contribution in [2.24, 2.45) is 0 Å². The number of carbonyl (C=O) groups is 1. The number of aromatic nitrogens is 1. The van der Waals surface area contributed by atoms with Crippen molar-refractivity contribution in [2.45, 2.75) is 58.3 Å². The van der Waals surface area contributed by atoms with Gasteiger partial charge in [-0.25, -0.2) is 4.79 Å². The molecule has 5 heteroatoms. The normalized spacial score (nSPS) is 16.3. The van der Waals surface area contributed by atoms with Gasteiger partial charge in [0.05, 0.1) is 0 Å². The van der Waals surface area contributed by atoms with Crippen LogP contribution < -0.4 is 5.63 Å². The Morgan fingerprint density at radius 2 is 1.96 bits per heavy atom. The minimum absolute atomic E-state index is 0.182. The van der Waals surface area contributed by atoms with Gasteiger partial charge in [-0.3, -0.25) is 9.78 Å². The number of hydrogen-bond acceptors (Lipinski definition) is 4. The van der Waals surface area contributed by atoms with Crippen molar-refractivity contribution in [1.82, 2.24) is 9.88 Å². The Bertz CT molecular complexity index is 836. The first kappa shape index (κ1) is 19.3. The molecule has 0 bridgehead atoms. The van der Waals surface area contributed by atoms with E-state index in [9.17, 15) is 9.59 Å². The van der Waals surface area contributed by atoms with E-state index in [1.54, 1.807) is 4.90 Å². The first-order valence-corrected chi connectivity index (χ1v) is 9.85. The van der Waals surface area contributed by atoms with Crippen LogP contribution in [0.2, 0.25) is 0 Å². The molecule has 1 aliphatic heterocycles. The average molecular weight is 368 g/mol. The van der Waals surface area contributed by atoms with Gasteiger partial charge >= 0.3 is 5.63 Å². The van der Waals surface area contributed by atoms with E-state index in [0.717, 1.165) is 25.7 Å². The molecule has 3 heterocycles. The van der Waals surface area contributed by atoms with E-state index in [-0.39, 0.29) is 17.4 Å². The molecular weight excluding hydrogens is 340 g/mol. The maximum Gasteiger partial charge on any atom is 0.349 e. The number of likely N-dealkylation sites (tertiary alicyclic amines) is 1. The monoisotopic (exact) mass is 368 g/mol. The van der Waals surface area contributed by atoms with Gasteiger partial charge < -0.3 is 9.32 Å². The Morgan fingerprint density at radius 1 is 1.30 bits per heavy atom. The molecule has 0 radical (unpaired) electrons. The Kier molecular flexibility index (Phi) is 6.09. The summed E-state index contributed by atoms with van der Waals surface area (Å²) in [6, 6.07) is 5.94. The fourth-order valence-electron chi connectivity index (χ4n) is 3.92. The van der Waals surface area contributed by atoms with Crippen molar-refractivity contribution >= 4 is 5.91 Å². The van der Waals surface area contributed by atoms with Crippen LogP contribution in [0.4, 0.5) is 0 Å². The summed E-state index contributed by atoms with van der Waals surface area (Å²) in [6.07, 6.45) is 7.39. The number of aryl methyl sites for hydroxylation is 1. The molecule has 1 saturated heterocycles. The lowest BCUT2D eigenvalue weighted by atomic mass is 9.90. The largest absolute Gasteiger partial charge is 0.427 e. The molecule has 1 aliphatic rings. The zero-order chi connectivity index (χ0) is 19.4. The molecule has 3 rings (SSSR count). The predicted molar refractivity (Wildman–Crippen MR) is 105 cm³/mol. The minimum Gasteiger partial charge on any atom is -0.427 e. The van der Waals surface area contributed by atoms with Gasteiger partial charge in [0, 0.05) is 31.4 Å². The molecule has 0 saturated carbocycles. The van der Waals surface area contributed by atoms with Crippen molar-refractivity contribution < 1.29 is 9.21 Å². The van der Waals surface area contributed by atoms with Gasteiger partial charge in [0.15, 0.2) is 0 Å². The van der Waals surface area contributed by atoms with Gasteiger partial charge in [-0.15, -0.1) is 0 Å². The second-order valence-electron chi connectivity index (χ2n) is 7.53. The van der Waals surface area contributed by atoms with E-state index < -0.39 is 5.63 Å². The molecule has 144 valence electrons. The van der Waals surface area contributed by atoms with Crippen LogP contribution in [0.3, 0.4) is 0 Å². The molecule has 27 heavy (non-hydrogen) atoms. The van der Waals surface area contributed by atoms with Crippen molar-refractivity contribution in [2.75, 3.05) is 13.1 Å². The molecule has 0 aromatic carbocycles. The number of carbonyl (C=O) groups excluding carboxylic acids is 1. The van der Waals surface area contributed by atoms with Gasteiger partial charge in [-0.05, 0) is 61.4 Å².